The summed E-state index contributed by atoms with van der Waals surface area (Å²) < 4.78 is 13.4. The van der Waals surface area contributed by atoms with Gasteiger partial charge in [0, 0.05) is 48.7 Å². The van der Waals surface area contributed by atoms with Gasteiger partial charge in [-0.2, -0.15) is 4.98 Å². The van der Waals surface area contributed by atoms with E-state index in [1.165, 1.54) is 6.21 Å². The number of carbonyl (C=O) groups is 2. The molecule has 240 valence electrons. The molecule has 2 aliphatic carbocycles. The molecule has 0 unspecified atom stereocenters. The SMILES string of the molecule is C[C@H](Oc1cc(N=Cc2ccn([C@H]3CCOC3)c(=O)c2N)nc(C(N)=C2CCC[C@@]3(CCCCC3=O)C2=O)n1)[C@@H]1CCCN1C. The van der Waals surface area contributed by atoms with Gasteiger partial charge in [0.15, 0.2) is 17.4 Å². The second kappa shape index (κ2) is 12.8. The largest absolute Gasteiger partial charge is 0.473 e. The summed E-state index contributed by atoms with van der Waals surface area (Å²) in [4.78, 5) is 56.0. The first-order chi connectivity index (χ1) is 21.7. The third kappa shape index (κ3) is 6.05. The molecule has 2 aromatic rings. The van der Waals surface area contributed by atoms with Crippen molar-refractivity contribution < 1.29 is 19.1 Å². The standard InChI is InChI=1S/C33H43N7O5/c1-20(24-8-6-14-39(24)2)45-27-17-26(36-18-21-10-15-40(32(43)28(21)34)22-11-16-44-19-22)37-31(38-27)29(35)23-7-5-13-33(30(23)42)12-4-3-9-25(33)41/h10,15,17-18,20,22,24H,3-9,11-14,16,19,34-35H2,1-2H3/t20-,22-,24-,33+/m0/s1. The summed E-state index contributed by atoms with van der Waals surface area (Å²) in [5.74, 6) is 0.462. The van der Waals surface area contributed by atoms with Gasteiger partial charge in [0.05, 0.1) is 23.8 Å². The normalized spacial score (nSPS) is 27.9. The molecule has 4 fully saturated rings. The van der Waals surface area contributed by atoms with E-state index in [4.69, 9.17) is 20.9 Å². The Morgan fingerprint density at radius 2 is 1.98 bits per heavy atom. The monoisotopic (exact) mass is 617 g/mol. The number of rotatable bonds is 7. The van der Waals surface area contributed by atoms with Crippen LogP contribution in [0, 0.1) is 5.41 Å². The zero-order chi connectivity index (χ0) is 31.7. The van der Waals surface area contributed by atoms with Gasteiger partial charge in [-0.1, -0.05) is 6.42 Å². The Kier molecular flexibility index (Phi) is 8.87. The maximum atomic E-state index is 13.9. The molecule has 2 saturated heterocycles. The second-order valence-corrected chi connectivity index (χ2v) is 12.9. The van der Waals surface area contributed by atoms with Crippen LogP contribution in [0.3, 0.4) is 0 Å². The van der Waals surface area contributed by atoms with Crippen LogP contribution in [0.15, 0.2) is 33.7 Å². The van der Waals surface area contributed by atoms with Crippen molar-refractivity contribution in [3.05, 3.63) is 45.6 Å². The van der Waals surface area contributed by atoms with Crippen LogP contribution in [0.1, 0.15) is 88.6 Å². The number of anilines is 1. The maximum absolute atomic E-state index is 13.9. The average Bonchev–Trinajstić information content (AvgIpc) is 3.72. The van der Waals surface area contributed by atoms with Gasteiger partial charge in [-0.05, 0) is 77.9 Å². The lowest BCUT2D eigenvalue weighted by molar-refractivity contribution is -0.143. The van der Waals surface area contributed by atoms with Crippen molar-refractivity contribution >= 4 is 35.0 Å². The van der Waals surface area contributed by atoms with Crippen molar-refractivity contribution in [2.75, 3.05) is 32.5 Å². The number of hydrogen-bond donors (Lipinski definition) is 2. The number of nitrogens with zero attached hydrogens (tertiary/aromatic N) is 5. The quantitative estimate of drug-likeness (QED) is 0.267. The highest BCUT2D eigenvalue weighted by molar-refractivity contribution is 6.17. The molecular weight excluding hydrogens is 574 g/mol. The summed E-state index contributed by atoms with van der Waals surface area (Å²) in [7, 11) is 2.08. The highest BCUT2D eigenvalue weighted by Crippen LogP contribution is 2.45. The molecule has 0 bridgehead atoms. The van der Waals surface area contributed by atoms with Crippen LogP contribution in [0.4, 0.5) is 11.5 Å². The smallest absolute Gasteiger partial charge is 0.274 e. The van der Waals surface area contributed by atoms with Crippen LogP contribution in [0.5, 0.6) is 5.88 Å². The molecule has 4 aliphatic rings. The predicted octanol–water partition coefficient (Wildman–Crippen LogP) is 3.35. The molecule has 4 N–H and O–H groups in total. The number of Topliss-reactive ketones (excluding diaryl/α,β-unsaturated/α-hetero) is 2. The van der Waals surface area contributed by atoms with Crippen molar-refractivity contribution in [3.63, 3.8) is 0 Å². The number of carbonyl (C=O) groups excluding carboxylic acids is 2. The van der Waals surface area contributed by atoms with E-state index in [-0.39, 0.29) is 64.2 Å². The Balaban J connectivity index is 1.35. The fourth-order valence-electron chi connectivity index (χ4n) is 7.39. The second-order valence-electron chi connectivity index (χ2n) is 12.9. The Labute approximate surface area is 262 Å². The number of nitrogen functional groups attached to an aromatic ring is 1. The molecule has 4 heterocycles. The zero-order valence-corrected chi connectivity index (χ0v) is 26.2. The van der Waals surface area contributed by atoms with E-state index in [0.717, 1.165) is 38.6 Å². The minimum absolute atomic E-state index is 0.0153. The molecule has 2 aromatic heterocycles. The van der Waals surface area contributed by atoms with E-state index in [1.807, 2.05) is 6.92 Å². The summed E-state index contributed by atoms with van der Waals surface area (Å²) in [5, 5.41) is 0. The number of pyridine rings is 1. The maximum Gasteiger partial charge on any atom is 0.274 e. The van der Waals surface area contributed by atoms with Crippen LogP contribution in [0.2, 0.25) is 0 Å². The van der Waals surface area contributed by atoms with E-state index in [2.05, 4.69) is 26.9 Å². The van der Waals surface area contributed by atoms with E-state index in [9.17, 15) is 14.4 Å². The first-order valence-electron chi connectivity index (χ1n) is 16.1. The molecule has 1 spiro atoms. The van der Waals surface area contributed by atoms with Gasteiger partial charge >= 0.3 is 0 Å². The van der Waals surface area contributed by atoms with E-state index < -0.39 is 5.41 Å². The Morgan fingerprint density at radius 1 is 1.16 bits per heavy atom. The van der Waals surface area contributed by atoms with Gasteiger partial charge < -0.3 is 25.5 Å². The third-order valence-electron chi connectivity index (χ3n) is 10.0. The van der Waals surface area contributed by atoms with Crippen LogP contribution >= 0.6 is 0 Å². The average molecular weight is 618 g/mol. The van der Waals surface area contributed by atoms with Crippen LogP contribution in [0.25, 0.3) is 5.70 Å². The third-order valence-corrected chi connectivity index (χ3v) is 10.0. The number of ether oxygens (including phenoxy) is 2. The van der Waals surface area contributed by atoms with Crippen LogP contribution < -0.4 is 21.8 Å². The molecule has 2 aliphatic heterocycles. The lowest BCUT2D eigenvalue weighted by Crippen LogP contribution is -2.45. The van der Waals surface area contributed by atoms with Gasteiger partial charge in [0.25, 0.3) is 5.56 Å². The molecule has 0 aromatic carbocycles. The molecule has 0 radical (unpaired) electrons. The summed E-state index contributed by atoms with van der Waals surface area (Å²) in [6.07, 6.45) is 10.2. The molecule has 4 atom stereocenters. The summed E-state index contributed by atoms with van der Waals surface area (Å²) in [6.45, 7) is 4.09. The summed E-state index contributed by atoms with van der Waals surface area (Å²) >= 11 is 0. The van der Waals surface area contributed by atoms with E-state index >= 15 is 0 Å². The Hall–Kier alpha value is -3.90. The highest BCUT2D eigenvalue weighted by Gasteiger charge is 2.49. The lowest BCUT2D eigenvalue weighted by atomic mass is 9.62. The van der Waals surface area contributed by atoms with E-state index in [1.54, 1.807) is 22.9 Å². The van der Waals surface area contributed by atoms with Crippen LogP contribution in [-0.2, 0) is 14.3 Å². The van der Waals surface area contributed by atoms with Gasteiger partial charge in [0.2, 0.25) is 5.88 Å². The zero-order valence-electron chi connectivity index (χ0n) is 26.2. The molecule has 2 saturated carbocycles. The number of allylic oxidation sites excluding steroid dienone is 1. The molecule has 45 heavy (non-hydrogen) atoms. The van der Waals surface area contributed by atoms with Crippen molar-refractivity contribution in [1.29, 1.82) is 0 Å². The van der Waals surface area contributed by atoms with Gasteiger partial charge in [-0.15, -0.1) is 0 Å². The number of likely N-dealkylation sites (N-methyl/N-ethyl adjacent to an activating group) is 1. The van der Waals surface area contributed by atoms with Gasteiger partial charge in [-0.25, -0.2) is 9.98 Å². The summed E-state index contributed by atoms with van der Waals surface area (Å²) in [5.41, 5.74) is 12.7. The molecule has 0 amide bonds. The number of nitrogens with two attached hydrogens (primary N) is 2. The van der Waals surface area contributed by atoms with Crippen molar-refractivity contribution in [2.24, 2.45) is 16.1 Å². The number of likely N-dealkylation sites (tertiary alicyclic amines) is 1. The number of aromatic nitrogens is 3. The van der Waals surface area contributed by atoms with Gasteiger partial charge in [0.1, 0.15) is 17.6 Å². The van der Waals surface area contributed by atoms with E-state index in [0.29, 0.717) is 56.5 Å². The first kappa shape index (κ1) is 31.1. The molecule has 6 rings (SSSR count). The Morgan fingerprint density at radius 3 is 2.71 bits per heavy atom. The topological polar surface area (TPSA) is 168 Å². The van der Waals surface area contributed by atoms with Crippen molar-refractivity contribution in [2.45, 2.75) is 89.3 Å². The van der Waals surface area contributed by atoms with Gasteiger partial charge in [-0.3, -0.25) is 19.3 Å². The van der Waals surface area contributed by atoms with Crippen LogP contribution in [-0.4, -0.2) is 76.2 Å². The van der Waals surface area contributed by atoms with Crippen molar-refractivity contribution in [3.8, 4) is 5.88 Å². The number of ketones is 2. The first-order valence-corrected chi connectivity index (χ1v) is 16.1. The number of hydrogen-bond acceptors (Lipinski definition) is 11. The Bertz CT molecular complexity index is 1590. The molecule has 12 nitrogen and oxygen atoms in total. The predicted molar refractivity (Wildman–Crippen MR) is 170 cm³/mol. The minimum atomic E-state index is -0.991. The summed E-state index contributed by atoms with van der Waals surface area (Å²) in [6, 6.07) is 3.54. The fraction of sp³-hybridized carbons (Fsp3) is 0.576. The highest BCUT2D eigenvalue weighted by atomic mass is 16.5. The molecule has 12 heteroatoms. The van der Waals surface area contributed by atoms with Crippen molar-refractivity contribution in [1.82, 2.24) is 19.4 Å². The lowest BCUT2D eigenvalue weighted by Gasteiger charge is -2.38. The fourth-order valence-corrected chi connectivity index (χ4v) is 7.39. The minimum Gasteiger partial charge on any atom is -0.473 e. The number of aliphatic imine (C=N–C) groups is 1. The molecular formula is C33H43N7O5.